The van der Waals surface area contributed by atoms with Gasteiger partial charge in [0.1, 0.15) is 13.2 Å². The van der Waals surface area contributed by atoms with Crippen LogP contribution in [-0.2, 0) is 19.1 Å². The molecule has 0 bridgehead atoms. The van der Waals surface area contributed by atoms with E-state index in [9.17, 15) is 19.8 Å². The normalized spacial score (nSPS) is 15.4. The zero-order valence-corrected chi connectivity index (χ0v) is 45.7. The van der Waals surface area contributed by atoms with Crippen LogP contribution < -0.4 is 0 Å². The zero-order chi connectivity index (χ0) is 49.0. The second-order valence-corrected chi connectivity index (χ2v) is 22.1. The molecule has 1 atom stereocenters. The van der Waals surface area contributed by atoms with Gasteiger partial charge in [-0.05, 0) is 32.1 Å². The van der Waals surface area contributed by atoms with Gasteiger partial charge in [0, 0.05) is 0 Å². The van der Waals surface area contributed by atoms with Crippen molar-refractivity contribution in [1.29, 1.82) is 0 Å². The van der Waals surface area contributed by atoms with E-state index >= 15 is 0 Å². The van der Waals surface area contributed by atoms with Gasteiger partial charge in [0.25, 0.3) is 0 Å². The lowest BCUT2D eigenvalue weighted by Crippen LogP contribution is -2.40. The fourth-order valence-electron chi connectivity index (χ4n) is 10.2. The molecule has 68 heavy (non-hydrogen) atoms. The maximum Gasteiger partial charge on any atom is 0.309 e. The van der Waals surface area contributed by atoms with Crippen LogP contribution in [0.1, 0.15) is 334 Å². The molecule has 1 aliphatic rings. The summed E-state index contributed by atoms with van der Waals surface area (Å²) in [6.07, 6.45) is 74.2. The Hall–Kier alpha value is -1.40. The van der Waals surface area contributed by atoms with Crippen molar-refractivity contribution in [2.75, 3.05) is 26.4 Å². The molecule has 2 N–H and O–H groups in total. The van der Waals surface area contributed by atoms with Gasteiger partial charge >= 0.3 is 11.9 Å². The lowest BCUT2D eigenvalue weighted by atomic mass is 9.92. The highest BCUT2D eigenvalue weighted by molar-refractivity contribution is 5.80. The van der Waals surface area contributed by atoms with Crippen molar-refractivity contribution in [3.63, 3.8) is 0 Å². The number of rotatable bonds is 53. The van der Waals surface area contributed by atoms with Crippen molar-refractivity contribution >= 4 is 11.9 Å². The predicted octanol–water partition coefficient (Wildman–Crippen LogP) is 19.1. The highest BCUT2D eigenvalue weighted by atomic mass is 16.6. The number of hydrogen-bond donors (Lipinski definition) is 2. The molecule has 0 aromatic heterocycles. The van der Waals surface area contributed by atoms with Gasteiger partial charge in [0.05, 0.1) is 31.0 Å². The van der Waals surface area contributed by atoms with Crippen LogP contribution in [0.2, 0.25) is 0 Å². The van der Waals surface area contributed by atoms with E-state index in [-0.39, 0.29) is 19.6 Å². The number of unbranched alkanes of at least 4 members (excludes halogenated alkanes) is 47. The average Bonchev–Trinajstić information content (AvgIpc) is 3.40. The number of esters is 2. The Labute approximate surface area is 423 Å². The van der Waals surface area contributed by atoms with Crippen LogP contribution in [0.25, 0.3) is 0 Å². The summed E-state index contributed by atoms with van der Waals surface area (Å²) in [5, 5.41) is 19.2. The van der Waals surface area contributed by atoms with Crippen LogP contribution in [0.15, 0.2) is 12.2 Å². The minimum atomic E-state index is -1.12. The second kappa shape index (κ2) is 51.9. The topological polar surface area (TPSA) is 93.1 Å². The monoisotopic (exact) mass is 959 g/mol. The third-order valence-electron chi connectivity index (χ3n) is 15.3. The summed E-state index contributed by atoms with van der Waals surface area (Å²) >= 11 is 0. The van der Waals surface area contributed by atoms with Crippen molar-refractivity contribution in [2.24, 2.45) is 11.3 Å². The molecule has 1 fully saturated rings. The van der Waals surface area contributed by atoms with Crippen LogP contribution >= 0.6 is 0 Å². The first-order valence-corrected chi connectivity index (χ1v) is 30.8. The van der Waals surface area contributed by atoms with E-state index in [1.165, 1.54) is 295 Å². The molecular weight excluding hydrogens is 841 g/mol. The summed E-state index contributed by atoms with van der Waals surface area (Å²) in [7, 11) is 0. The van der Waals surface area contributed by atoms with E-state index in [4.69, 9.17) is 9.47 Å². The molecule has 0 saturated carbocycles. The molecule has 0 spiro atoms. The number of hydrogen-bond acceptors (Lipinski definition) is 6. The average molecular weight is 960 g/mol. The number of carbonyl (C=O) groups excluding carboxylic acids is 2. The summed E-state index contributed by atoms with van der Waals surface area (Å²) in [6, 6.07) is 0. The van der Waals surface area contributed by atoms with Crippen LogP contribution in [0.3, 0.4) is 0 Å². The minimum absolute atomic E-state index is 0.00455. The quantitative estimate of drug-likeness (QED) is 0.0358. The first-order valence-electron chi connectivity index (χ1n) is 30.8. The Balaban J connectivity index is 1.69. The van der Waals surface area contributed by atoms with Crippen LogP contribution in [0, 0.1) is 11.3 Å². The largest absolute Gasteiger partial charge is 0.465 e. The number of aliphatic hydroxyl groups is 2. The Morgan fingerprint density at radius 2 is 0.632 bits per heavy atom. The SMILES string of the molecule is CCCCCCCCCCCCCCCCCCCCCCC/C=C/CCCCCCCCCCCCCCCCCCCCCCCCCCCCC1CC(=O)OCC(CO)(CO)COC1=O. The van der Waals surface area contributed by atoms with Crippen LogP contribution in [0.5, 0.6) is 0 Å². The van der Waals surface area contributed by atoms with E-state index in [0.717, 1.165) is 19.3 Å². The Morgan fingerprint density at radius 1 is 0.382 bits per heavy atom. The molecule has 0 aromatic carbocycles. The van der Waals surface area contributed by atoms with Crippen molar-refractivity contribution in [2.45, 2.75) is 334 Å². The third kappa shape index (κ3) is 43.4. The number of allylic oxidation sites excluding steroid dienone is 2. The molecule has 1 saturated heterocycles. The van der Waals surface area contributed by atoms with Gasteiger partial charge in [0.15, 0.2) is 0 Å². The first-order chi connectivity index (χ1) is 33.6. The zero-order valence-electron chi connectivity index (χ0n) is 45.7. The fraction of sp³-hybridized carbons (Fsp3) is 0.935. The van der Waals surface area contributed by atoms with E-state index in [0.29, 0.717) is 6.42 Å². The Morgan fingerprint density at radius 3 is 0.912 bits per heavy atom. The lowest BCUT2D eigenvalue weighted by Gasteiger charge is -2.27. The summed E-state index contributed by atoms with van der Waals surface area (Å²) in [5.74, 6) is -1.40. The van der Waals surface area contributed by atoms with E-state index < -0.39 is 36.5 Å². The smallest absolute Gasteiger partial charge is 0.309 e. The summed E-state index contributed by atoms with van der Waals surface area (Å²) in [4.78, 5) is 24.7. The Kier molecular flexibility index (Phi) is 49.4. The van der Waals surface area contributed by atoms with E-state index in [1.807, 2.05) is 0 Å². The molecule has 1 heterocycles. The van der Waals surface area contributed by atoms with Gasteiger partial charge < -0.3 is 19.7 Å². The second-order valence-electron chi connectivity index (χ2n) is 22.1. The molecule has 1 unspecified atom stereocenters. The summed E-state index contributed by atoms with van der Waals surface area (Å²) in [5.41, 5.74) is -1.12. The molecule has 402 valence electrons. The maximum absolute atomic E-state index is 12.5. The van der Waals surface area contributed by atoms with Crippen molar-refractivity contribution in [1.82, 2.24) is 0 Å². The molecule has 1 aliphatic heterocycles. The highest BCUT2D eigenvalue weighted by Crippen LogP contribution is 2.25. The predicted molar refractivity (Wildman–Crippen MR) is 292 cm³/mol. The van der Waals surface area contributed by atoms with E-state index in [2.05, 4.69) is 19.1 Å². The van der Waals surface area contributed by atoms with Gasteiger partial charge in [-0.15, -0.1) is 0 Å². The molecule has 6 heteroatoms. The number of cyclic esters (lactones) is 2. The molecule has 0 aliphatic carbocycles. The van der Waals surface area contributed by atoms with Crippen LogP contribution in [-0.4, -0.2) is 48.6 Å². The molecule has 0 amide bonds. The third-order valence-corrected chi connectivity index (χ3v) is 15.3. The first kappa shape index (κ1) is 64.6. The lowest BCUT2D eigenvalue weighted by molar-refractivity contribution is -0.155. The maximum atomic E-state index is 12.5. The van der Waals surface area contributed by atoms with Crippen molar-refractivity contribution < 1.29 is 29.3 Å². The fourth-order valence-corrected chi connectivity index (χ4v) is 10.2. The molecule has 0 aromatic rings. The number of ether oxygens (including phenoxy) is 2. The molecular formula is C62H118O6. The minimum Gasteiger partial charge on any atom is -0.465 e. The standard InChI is InChI=1S/C62H118O6/c1-2-3-4-5-6-7-8-9-10-11-12-13-14-15-16-17-18-19-20-21-22-23-24-25-26-27-28-29-30-31-32-33-34-35-36-37-38-39-40-41-42-43-44-45-46-47-48-49-50-51-52-53-59-54-60(65)67-57-62(55-63,56-64)58-68-61(59)66/h24-25,59,63-64H,2-23,26-58H2,1H3/b25-24+. The van der Waals surface area contributed by atoms with E-state index in [1.54, 1.807) is 0 Å². The van der Waals surface area contributed by atoms with Crippen LogP contribution in [0.4, 0.5) is 0 Å². The van der Waals surface area contributed by atoms with Gasteiger partial charge in [-0.25, -0.2) is 0 Å². The van der Waals surface area contributed by atoms with Gasteiger partial charge in [-0.2, -0.15) is 0 Å². The van der Waals surface area contributed by atoms with Gasteiger partial charge in [-0.3, -0.25) is 9.59 Å². The van der Waals surface area contributed by atoms with Gasteiger partial charge in [-0.1, -0.05) is 308 Å². The van der Waals surface area contributed by atoms with Crippen molar-refractivity contribution in [3.8, 4) is 0 Å². The van der Waals surface area contributed by atoms with Gasteiger partial charge in [0.2, 0.25) is 0 Å². The summed E-state index contributed by atoms with van der Waals surface area (Å²) in [6.45, 7) is 1.21. The Bertz CT molecular complexity index is 1070. The number of carbonyl (C=O) groups is 2. The highest BCUT2D eigenvalue weighted by Gasteiger charge is 2.36. The molecule has 0 radical (unpaired) electrons. The van der Waals surface area contributed by atoms with Crippen molar-refractivity contribution in [3.05, 3.63) is 12.2 Å². The molecule has 6 nitrogen and oxygen atoms in total. The summed E-state index contributed by atoms with van der Waals surface area (Å²) < 4.78 is 10.6. The molecule has 1 rings (SSSR count). The number of aliphatic hydroxyl groups excluding tert-OH is 2.